The van der Waals surface area contributed by atoms with Crippen molar-refractivity contribution in [1.82, 2.24) is 0 Å². The quantitative estimate of drug-likeness (QED) is 0.648. The molecule has 1 rings (SSSR count). The van der Waals surface area contributed by atoms with Gasteiger partial charge in [-0.15, -0.1) is 0 Å². The second-order valence-corrected chi connectivity index (χ2v) is 6.88. The van der Waals surface area contributed by atoms with E-state index in [1.54, 1.807) is 6.21 Å². The van der Waals surface area contributed by atoms with Gasteiger partial charge in [0.05, 0.1) is 6.21 Å². The zero-order valence-corrected chi connectivity index (χ0v) is 13.0. The number of hydrogen-bond donors (Lipinski definition) is 1. The molecule has 0 radical (unpaired) electrons. The molecule has 1 N–H and O–H groups in total. The van der Waals surface area contributed by atoms with Crippen molar-refractivity contribution >= 4 is 6.21 Å². The highest BCUT2D eigenvalue weighted by molar-refractivity contribution is 5.81. The summed E-state index contributed by atoms with van der Waals surface area (Å²) in [5.41, 5.74) is 2.55. The first-order chi connectivity index (χ1) is 8.57. The van der Waals surface area contributed by atoms with E-state index in [1.807, 2.05) is 12.1 Å². The Kier molecular flexibility index (Phi) is 4.28. The van der Waals surface area contributed by atoms with E-state index in [0.29, 0.717) is 5.75 Å². The number of rotatable bonds is 2. The lowest BCUT2D eigenvalue weighted by Gasteiger charge is -2.27. The summed E-state index contributed by atoms with van der Waals surface area (Å²) in [6, 6.07) is 3.93. The average molecular weight is 263 g/mol. The maximum atomic E-state index is 10.5. The highest BCUT2D eigenvalue weighted by atomic mass is 16.6. The Morgan fingerprint density at radius 3 is 1.74 bits per heavy atom. The minimum Gasteiger partial charge on any atom is -0.507 e. The molecule has 3 heteroatoms. The fraction of sp³-hybridized carbons (Fsp3) is 0.562. The standard InChI is InChI=1S/C16H25NO2/c1-15(2,3)12-8-11(10-17-19-7)9-13(14(12)18)16(4,5)6/h8-10,18H,1-7H3. The van der Waals surface area contributed by atoms with Crippen LogP contribution < -0.4 is 0 Å². The van der Waals surface area contributed by atoms with Gasteiger partial charge in [-0.05, 0) is 28.5 Å². The molecule has 0 saturated carbocycles. The molecule has 19 heavy (non-hydrogen) atoms. The van der Waals surface area contributed by atoms with Crippen LogP contribution in [0.2, 0.25) is 0 Å². The fourth-order valence-corrected chi connectivity index (χ4v) is 1.99. The van der Waals surface area contributed by atoms with Crippen LogP contribution >= 0.6 is 0 Å². The number of benzene rings is 1. The molecule has 0 amide bonds. The van der Waals surface area contributed by atoms with Crippen molar-refractivity contribution in [3.05, 3.63) is 28.8 Å². The highest BCUT2D eigenvalue weighted by Gasteiger charge is 2.26. The number of aromatic hydroxyl groups is 1. The van der Waals surface area contributed by atoms with Gasteiger partial charge in [0, 0.05) is 11.1 Å². The third-order valence-corrected chi connectivity index (χ3v) is 3.06. The van der Waals surface area contributed by atoms with Crippen LogP contribution in [0.15, 0.2) is 17.3 Å². The molecule has 0 aromatic heterocycles. The van der Waals surface area contributed by atoms with Crippen LogP contribution in [0.25, 0.3) is 0 Å². The molecule has 0 heterocycles. The van der Waals surface area contributed by atoms with Gasteiger partial charge >= 0.3 is 0 Å². The summed E-state index contributed by atoms with van der Waals surface area (Å²) in [6.07, 6.45) is 1.67. The van der Waals surface area contributed by atoms with Gasteiger partial charge in [0.15, 0.2) is 0 Å². The summed E-state index contributed by atoms with van der Waals surface area (Å²) in [5, 5.41) is 14.3. The summed E-state index contributed by atoms with van der Waals surface area (Å²) >= 11 is 0. The summed E-state index contributed by atoms with van der Waals surface area (Å²) in [5.74, 6) is 0.384. The first kappa shape index (κ1) is 15.5. The van der Waals surface area contributed by atoms with E-state index in [4.69, 9.17) is 4.84 Å². The van der Waals surface area contributed by atoms with Crippen molar-refractivity contribution in [2.45, 2.75) is 52.4 Å². The fourth-order valence-electron chi connectivity index (χ4n) is 1.99. The number of phenolic OH excluding ortho intramolecular Hbond substituents is 1. The van der Waals surface area contributed by atoms with Crippen LogP contribution in [0.3, 0.4) is 0 Å². The Morgan fingerprint density at radius 2 is 1.42 bits per heavy atom. The van der Waals surface area contributed by atoms with Gasteiger partial charge in [-0.25, -0.2) is 0 Å². The van der Waals surface area contributed by atoms with Gasteiger partial charge in [0.1, 0.15) is 12.9 Å². The maximum Gasteiger partial charge on any atom is 0.123 e. The van der Waals surface area contributed by atoms with E-state index in [9.17, 15) is 5.11 Å². The van der Waals surface area contributed by atoms with Crippen LogP contribution in [0.5, 0.6) is 5.75 Å². The van der Waals surface area contributed by atoms with Crippen molar-refractivity contribution in [3.8, 4) is 5.75 Å². The van der Waals surface area contributed by atoms with Crippen LogP contribution in [0.4, 0.5) is 0 Å². The van der Waals surface area contributed by atoms with E-state index >= 15 is 0 Å². The van der Waals surface area contributed by atoms with E-state index in [0.717, 1.165) is 16.7 Å². The van der Waals surface area contributed by atoms with E-state index in [-0.39, 0.29) is 10.8 Å². The molecule has 106 valence electrons. The lowest BCUT2D eigenvalue weighted by molar-refractivity contribution is 0.215. The molecule has 0 spiro atoms. The van der Waals surface area contributed by atoms with Crippen molar-refractivity contribution in [2.24, 2.45) is 5.16 Å². The molecule has 0 bridgehead atoms. The van der Waals surface area contributed by atoms with Gasteiger partial charge in [-0.2, -0.15) is 0 Å². The number of nitrogens with zero attached hydrogens (tertiary/aromatic N) is 1. The summed E-state index contributed by atoms with van der Waals surface area (Å²) in [4.78, 5) is 4.73. The van der Waals surface area contributed by atoms with Gasteiger partial charge in [-0.1, -0.05) is 46.7 Å². The van der Waals surface area contributed by atoms with Gasteiger partial charge < -0.3 is 9.94 Å². The smallest absolute Gasteiger partial charge is 0.123 e. The second-order valence-electron chi connectivity index (χ2n) is 6.88. The monoisotopic (exact) mass is 263 g/mol. The number of phenols is 1. The lowest BCUT2D eigenvalue weighted by Crippen LogP contribution is -2.17. The van der Waals surface area contributed by atoms with Gasteiger partial charge in [0.2, 0.25) is 0 Å². The van der Waals surface area contributed by atoms with Crippen LogP contribution in [0, 0.1) is 0 Å². The topological polar surface area (TPSA) is 41.8 Å². The number of oxime groups is 1. The predicted molar refractivity (Wildman–Crippen MR) is 80.1 cm³/mol. The third kappa shape index (κ3) is 3.72. The molecule has 0 saturated heterocycles. The molecule has 0 unspecified atom stereocenters. The van der Waals surface area contributed by atoms with Gasteiger partial charge in [-0.3, -0.25) is 0 Å². The Balaban J connectivity index is 3.52. The predicted octanol–water partition coefficient (Wildman–Crippen LogP) is 3.97. The summed E-state index contributed by atoms with van der Waals surface area (Å²) in [7, 11) is 1.52. The summed E-state index contributed by atoms with van der Waals surface area (Å²) in [6.45, 7) is 12.5. The Labute approximate surface area is 116 Å². The van der Waals surface area contributed by atoms with Crippen LogP contribution in [0.1, 0.15) is 58.2 Å². The lowest BCUT2D eigenvalue weighted by atomic mass is 9.78. The zero-order valence-electron chi connectivity index (χ0n) is 13.0. The molecule has 3 nitrogen and oxygen atoms in total. The molecule has 1 aromatic carbocycles. The summed E-state index contributed by atoms with van der Waals surface area (Å²) < 4.78 is 0. The van der Waals surface area contributed by atoms with E-state index in [1.165, 1.54) is 7.11 Å². The Bertz CT molecular complexity index is 441. The molecule has 0 atom stereocenters. The highest BCUT2D eigenvalue weighted by Crippen LogP contribution is 2.39. The van der Waals surface area contributed by atoms with Crippen LogP contribution in [-0.2, 0) is 15.7 Å². The molecule has 1 aromatic rings. The third-order valence-electron chi connectivity index (χ3n) is 3.06. The first-order valence-electron chi connectivity index (χ1n) is 6.52. The largest absolute Gasteiger partial charge is 0.507 e. The number of hydrogen-bond acceptors (Lipinski definition) is 3. The molecule has 0 aliphatic rings. The first-order valence-corrected chi connectivity index (χ1v) is 6.52. The Morgan fingerprint density at radius 1 is 1.00 bits per heavy atom. The van der Waals surface area contributed by atoms with Crippen molar-refractivity contribution in [3.63, 3.8) is 0 Å². The van der Waals surface area contributed by atoms with Crippen molar-refractivity contribution in [2.75, 3.05) is 7.11 Å². The Hall–Kier alpha value is -1.51. The molecular weight excluding hydrogens is 238 g/mol. The van der Waals surface area contributed by atoms with Crippen molar-refractivity contribution in [1.29, 1.82) is 0 Å². The second kappa shape index (κ2) is 5.24. The van der Waals surface area contributed by atoms with E-state index in [2.05, 4.69) is 46.7 Å². The molecule has 0 aliphatic carbocycles. The molecular formula is C16H25NO2. The SMILES string of the molecule is CON=Cc1cc(C(C)(C)C)c(O)c(C(C)(C)C)c1. The molecule has 0 fully saturated rings. The van der Waals surface area contributed by atoms with Crippen LogP contribution in [-0.4, -0.2) is 18.4 Å². The minimum atomic E-state index is -0.124. The normalized spacial score (nSPS) is 13.0. The zero-order chi connectivity index (χ0) is 14.8. The minimum absolute atomic E-state index is 0.124. The average Bonchev–Trinajstić information content (AvgIpc) is 2.24. The van der Waals surface area contributed by atoms with Gasteiger partial charge in [0.25, 0.3) is 0 Å². The van der Waals surface area contributed by atoms with Crippen molar-refractivity contribution < 1.29 is 9.94 Å². The van der Waals surface area contributed by atoms with E-state index < -0.39 is 0 Å². The molecule has 0 aliphatic heterocycles. The maximum absolute atomic E-state index is 10.5.